The highest BCUT2D eigenvalue weighted by Crippen LogP contribution is 2.48. The number of ketones is 1. The van der Waals surface area contributed by atoms with Crippen LogP contribution >= 0.6 is 0 Å². The first-order chi connectivity index (χ1) is 15.9. The summed E-state index contributed by atoms with van der Waals surface area (Å²) < 4.78 is 39.3. The molecule has 2 heterocycles. The number of aromatic nitrogens is 2. The highest BCUT2D eigenvalue weighted by atomic mass is 32.2. The summed E-state index contributed by atoms with van der Waals surface area (Å²) in [5.74, 6) is -0.449. The lowest BCUT2D eigenvalue weighted by atomic mass is 10.0. The Morgan fingerprint density at radius 3 is 2.56 bits per heavy atom. The molecule has 0 aliphatic heterocycles. The maximum atomic E-state index is 14.0. The monoisotopic (exact) mass is 476 g/mol. The van der Waals surface area contributed by atoms with Crippen molar-refractivity contribution in [3.8, 4) is 0 Å². The molecule has 174 valence electrons. The van der Waals surface area contributed by atoms with E-state index in [2.05, 4.69) is 9.97 Å². The number of carbonyl (C=O) groups is 1. The summed E-state index contributed by atoms with van der Waals surface area (Å²) >= 11 is 0. The molecular formula is C27H25FN2O3S. The van der Waals surface area contributed by atoms with Gasteiger partial charge < -0.3 is 0 Å². The molecule has 5 rings (SSSR count). The van der Waals surface area contributed by atoms with Crippen LogP contribution in [-0.4, -0.2) is 24.2 Å². The third-order valence-corrected chi connectivity index (χ3v) is 7.76. The van der Waals surface area contributed by atoms with Crippen molar-refractivity contribution in [2.45, 2.75) is 36.8 Å². The smallest absolute Gasteiger partial charge is 0.184 e. The molecule has 2 aromatic heterocycles. The maximum Gasteiger partial charge on any atom is 0.184 e. The molecule has 1 aliphatic carbocycles. The minimum atomic E-state index is -3.49. The van der Waals surface area contributed by atoms with Crippen LogP contribution in [0.5, 0.6) is 0 Å². The van der Waals surface area contributed by atoms with Crippen LogP contribution in [0.2, 0.25) is 0 Å². The Kier molecular flexibility index (Phi) is 6.57. The molecule has 1 unspecified atom stereocenters. The lowest BCUT2D eigenvalue weighted by Crippen LogP contribution is -2.07. The zero-order valence-corrected chi connectivity index (χ0v) is 18.5. The van der Waals surface area contributed by atoms with Gasteiger partial charge in [-0.3, -0.25) is 14.8 Å². The SMILES string of the molecule is C.O=C(Cc1ccc2cncc(F)c2c1)[C@@H]1CC1c1ccc(S(=O)(=O)Cc2ccccn2)cc1. The van der Waals surface area contributed by atoms with Gasteiger partial charge >= 0.3 is 0 Å². The quantitative estimate of drug-likeness (QED) is 0.362. The summed E-state index contributed by atoms with van der Waals surface area (Å²) in [6, 6.07) is 17.3. The number of nitrogens with zero attached hydrogens (tertiary/aromatic N) is 2. The molecule has 2 atom stereocenters. The fourth-order valence-corrected chi connectivity index (χ4v) is 5.50. The van der Waals surface area contributed by atoms with Crippen LogP contribution < -0.4 is 0 Å². The molecule has 0 bridgehead atoms. The van der Waals surface area contributed by atoms with Crippen molar-refractivity contribution in [2.24, 2.45) is 5.92 Å². The van der Waals surface area contributed by atoms with E-state index in [9.17, 15) is 17.6 Å². The Balaban J connectivity index is 0.00000274. The second-order valence-electron chi connectivity index (χ2n) is 8.42. The molecule has 7 heteroatoms. The summed E-state index contributed by atoms with van der Waals surface area (Å²) in [5.41, 5.74) is 2.24. The Morgan fingerprint density at radius 1 is 1.03 bits per heavy atom. The van der Waals surface area contributed by atoms with E-state index in [1.807, 2.05) is 6.07 Å². The number of fused-ring (bicyclic) bond motifs is 1. The Labute approximate surface area is 198 Å². The minimum absolute atomic E-state index is 0. The van der Waals surface area contributed by atoms with Crippen molar-refractivity contribution in [3.63, 3.8) is 0 Å². The summed E-state index contributed by atoms with van der Waals surface area (Å²) in [5, 5.41) is 1.17. The average Bonchev–Trinajstić information content (AvgIpc) is 3.61. The third kappa shape index (κ3) is 4.89. The predicted octanol–water partition coefficient (Wildman–Crippen LogP) is 5.29. The minimum Gasteiger partial charge on any atom is -0.299 e. The Hall–Kier alpha value is -3.45. The topological polar surface area (TPSA) is 77.0 Å². The van der Waals surface area contributed by atoms with Crippen molar-refractivity contribution in [2.75, 3.05) is 0 Å². The van der Waals surface area contributed by atoms with E-state index in [1.54, 1.807) is 67.0 Å². The van der Waals surface area contributed by atoms with Gasteiger partial charge in [0.25, 0.3) is 0 Å². The largest absolute Gasteiger partial charge is 0.299 e. The van der Waals surface area contributed by atoms with Crippen molar-refractivity contribution >= 4 is 26.4 Å². The lowest BCUT2D eigenvalue weighted by molar-refractivity contribution is -0.119. The summed E-state index contributed by atoms with van der Waals surface area (Å²) in [7, 11) is -3.49. The number of halogens is 1. The molecule has 0 spiro atoms. The fraction of sp³-hybridized carbons (Fsp3) is 0.222. The van der Waals surface area contributed by atoms with E-state index in [4.69, 9.17) is 0 Å². The fourth-order valence-electron chi connectivity index (χ4n) is 4.22. The van der Waals surface area contributed by atoms with Gasteiger partial charge in [-0.25, -0.2) is 12.8 Å². The van der Waals surface area contributed by atoms with Gasteiger partial charge in [-0.05, 0) is 53.8 Å². The van der Waals surface area contributed by atoms with Crippen LogP contribution in [0.3, 0.4) is 0 Å². The highest BCUT2D eigenvalue weighted by Gasteiger charge is 2.43. The van der Waals surface area contributed by atoms with Gasteiger partial charge in [0, 0.05) is 35.5 Å². The maximum absolute atomic E-state index is 14.0. The van der Waals surface area contributed by atoms with E-state index >= 15 is 0 Å². The van der Waals surface area contributed by atoms with Crippen molar-refractivity contribution in [1.82, 2.24) is 9.97 Å². The average molecular weight is 477 g/mol. The van der Waals surface area contributed by atoms with Crippen LogP contribution in [0.4, 0.5) is 4.39 Å². The Bertz CT molecular complexity index is 1440. The number of pyridine rings is 2. The van der Waals surface area contributed by atoms with Gasteiger partial charge in [0.1, 0.15) is 11.6 Å². The normalized spacial score (nSPS) is 17.2. The van der Waals surface area contributed by atoms with Gasteiger partial charge in [0.05, 0.1) is 22.5 Å². The number of hydrogen-bond acceptors (Lipinski definition) is 5. The molecule has 1 aliphatic rings. The first-order valence-electron chi connectivity index (χ1n) is 10.7. The zero-order valence-electron chi connectivity index (χ0n) is 17.7. The standard InChI is InChI=1S/C26H21FN2O3S.CH4/c27-25-15-28-14-19-5-4-17(11-23(19)25)12-26(30)24-13-22(24)18-6-8-21(9-7-18)33(31,32)16-20-3-1-2-10-29-20;/h1-11,14-15,22,24H,12-13,16H2;1H4/t22?,24-;/m1./s1. The second-order valence-corrected chi connectivity index (χ2v) is 10.4. The number of rotatable bonds is 7. The van der Waals surface area contributed by atoms with E-state index in [-0.39, 0.29) is 42.1 Å². The summed E-state index contributed by atoms with van der Waals surface area (Å²) in [4.78, 5) is 21.0. The van der Waals surface area contributed by atoms with Gasteiger partial charge in [0.2, 0.25) is 0 Å². The van der Waals surface area contributed by atoms with Crippen molar-refractivity contribution < 1.29 is 17.6 Å². The van der Waals surface area contributed by atoms with Crippen LogP contribution in [0, 0.1) is 11.7 Å². The molecule has 2 aromatic carbocycles. The summed E-state index contributed by atoms with van der Waals surface area (Å²) in [6.45, 7) is 0. The first-order valence-corrected chi connectivity index (χ1v) is 12.3. The predicted molar refractivity (Wildman–Crippen MR) is 130 cm³/mol. The van der Waals surface area contributed by atoms with Crippen LogP contribution in [0.1, 0.15) is 36.6 Å². The van der Waals surface area contributed by atoms with Gasteiger partial charge in [-0.1, -0.05) is 37.8 Å². The third-order valence-electron chi connectivity index (χ3n) is 6.09. The van der Waals surface area contributed by atoms with E-state index in [0.29, 0.717) is 16.5 Å². The molecule has 34 heavy (non-hydrogen) atoms. The molecule has 4 aromatic rings. The molecule has 1 saturated carbocycles. The molecule has 1 fully saturated rings. The zero-order chi connectivity index (χ0) is 23.0. The molecular weight excluding hydrogens is 451 g/mol. The molecule has 0 saturated heterocycles. The highest BCUT2D eigenvalue weighted by molar-refractivity contribution is 7.90. The van der Waals surface area contributed by atoms with Gasteiger partial charge in [0.15, 0.2) is 9.84 Å². The number of Topliss-reactive ketones (excluding diaryl/α,β-unsaturated/α-hetero) is 1. The number of sulfone groups is 1. The van der Waals surface area contributed by atoms with E-state index < -0.39 is 15.7 Å². The molecule has 0 radical (unpaired) electrons. The van der Waals surface area contributed by atoms with Crippen LogP contribution in [0.25, 0.3) is 10.8 Å². The molecule has 0 N–H and O–H groups in total. The number of carbonyl (C=O) groups excluding carboxylic acids is 1. The van der Waals surface area contributed by atoms with Crippen LogP contribution in [0.15, 0.2) is 84.1 Å². The second kappa shape index (κ2) is 9.43. The van der Waals surface area contributed by atoms with Crippen molar-refractivity contribution in [1.29, 1.82) is 0 Å². The number of benzene rings is 2. The van der Waals surface area contributed by atoms with Gasteiger partial charge in [-0.15, -0.1) is 0 Å². The van der Waals surface area contributed by atoms with Crippen LogP contribution in [-0.2, 0) is 26.8 Å². The van der Waals surface area contributed by atoms with Crippen molar-refractivity contribution in [3.05, 3.63) is 102 Å². The summed E-state index contributed by atoms with van der Waals surface area (Å²) in [6.07, 6.45) is 5.33. The molecule has 5 nitrogen and oxygen atoms in total. The molecule has 0 amide bonds. The lowest BCUT2D eigenvalue weighted by Gasteiger charge is -2.07. The van der Waals surface area contributed by atoms with Gasteiger partial charge in [-0.2, -0.15) is 0 Å². The first kappa shape index (κ1) is 23.7. The van der Waals surface area contributed by atoms with E-state index in [1.165, 1.54) is 6.20 Å². The van der Waals surface area contributed by atoms with E-state index in [0.717, 1.165) is 17.5 Å². The Morgan fingerprint density at radius 2 is 1.82 bits per heavy atom. The number of hydrogen-bond donors (Lipinski definition) is 0.